The number of hydrogen-bond acceptors (Lipinski definition) is 4. The van der Waals surface area contributed by atoms with Crippen LogP contribution in [-0.2, 0) is 9.53 Å². The predicted octanol–water partition coefficient (Wildman–Crippen LogP) is 1.50. The van der Waals surface area contributed by atoms with E-state index < -0.39 is 6.10 Å². The molecule has 1 aliphatic heterocycles. The molecule has 1 unspecified atom stereocenters. The van der Waals surface area contributed by atoms with Gasteiger partial charge in [0.1, 0.15) is 0 Å². The maximum atomic E-state index is 11.9. The SMILES string of the molecule is N#CC1CN(CC(=O)Nc2ccc(Cl)cc2)CCO1. The lowest BCUT2D eigenvalue weighted by atomic mass is 10.3. The van der Waals surface area contributed by atoms with Gasteiger partial charge in [0, 0.05) is 23.8 Å². The highest BCUT2D eigenvalue weighted by atomic mass is 35.5. The number of amides is 1. The third kappa shape index (κ3) is 4.21. The Morgan fingerprint density at radius 2 is 2.26 bits per heavy atom. The van der Waals surface area contributed by atoms with E-state index in [1.54, 1.807) is 24.3 Å². The first-order valence-electron chi connectivity index (χ1n) is 5.96. The van der Waals surface area contributed by atoms with Gasteiger partial charge in [-0.15, -0.1) is 0 Å². The van der Waals surface area contributed by atoms with Crippen molar-refractivity contribution in [3.63, 3.8) is 0 Å². The minimum Gasteiger partial charge on any atom is -0.361 e. The van der Waals surface area contributed by atoms with Crippen LogP contribution in [0.3, 0.4) is 0 Å². The Labute approximate surface area is 116 Å². The average Bonchev–Trinajstić information content (AvgIpc) is 2.41. The number of nitriles is 1. The standard InChI is InChI=1S/C13H14ClN3O2/c14-10-1-3-11(4-2-10)16-13(18)9-17-5-6-19-12(7-15)8-17/h1-4,12H,5-6,8-9H2,(H,16,18). The van der Waals surface area contributed by atoms with Crippen molar-refractivity contribution in [2.75, 3.05) is 31.6 Å². The molecule has 1 aromatic carbocycles. The van der Waals surface area contributed by atoms with E-state index in [2.05, 4.69) is 11.4 Å². The van der Waals surface area contributed by atoms with E-state index in [9.17, 15) is 4.79 Å². The van der Waals surface area contributed by atoms with Gasteiger partial charge >= 0.3 is 0 Å². The van der Waals surface area contributed by atoms with Gasteiger partial charge in [-0.3, -0.25) is 9.69 Å². The summed E-state index contributed by atoms with van der Waals surface area (Å²) in [4.78, 5) is 13.8. The molecule has 1 fully saturated rings. The van der Waals surface area contributed by atoms with E-state index in [0.717, 1.165) is 0 Å². The van der Waals surface area contributed by atoms with Crippen LogP contribution >= 0.6 is 11.6 Å². The number of hydrogen-bond donors (Lipinski definition) is 1. The highest BCUT2D eigenvalue weighted by molar-refractivity contribution is 6.30. The summed E-state index contributed by atoms with van der Waals surface area (Å²) in [6.07, 6.45) is -0.447. The van der Waals surface area contributed by atoms with Crippen LogP contribution in [0.15, 0.2) is 24.3 Å². The van der Waals surface area contributed by atoms with Crippen molar-refractivity contribution in [3.8, 4) is 6.07 Å². The minimum atomic E-state index is -0.447. The van der Waals surface area contributed by atoms with Crippen molar-refractivity contribution in [1.82, 2.24) is 4.90 Å². The number of benzene rings is 1. The first kappa shape index (κ1) is 13.8. The molecule has 6 heteroatoms. The first-order chi connectivity index (χ1) is 9.17. The Balaban J connectivity index is 1.84. The van der Waals surface area contributed by atoms with E-state index in [1.165, 1.54) is 0 Å². The summed E-state index contributed by atoms with van der Waals surface area (Å²) >= 11 is 5.77. The Bertz CT molecular complexity index is 484. The van der Waals surface area contributed by atoms with Crippen molar-refractivity contribution >= 4 is 23.2 Å². The summed E-state index contributed by atoms with van der Waals surface area (Å²) in [6.45, 7) is 1.85. The maximum absolute atomic E-state index is 11.9. The number of nitrogens with zero attached hydrogens (tertiary/aromatic N) is 2. The van der Waals surface area contributed by atoms with Gasteiger partial charge in [0.05, 0.1) is 19.2 Å². The smallest absolute Gasteiger partial charge is 0.238 e. The zero-order chi connectivity index (χ0) is 13.7. The van der Waals surface area contributed by atoms with Crippen LogP contribution < -0.4 is 5.32 Å². The second kappa shape index (κ2) is 6.53. The number of halogens is 1. The summed E-state index contributed by atoms with van der Waals surface area (Å²) in [7, 11) is 0. The molecule has 2 rings (SSSR count). The topological polar surface area (TPSA) is 65.4 Å². The summed E-state index contributed by atoms with van der Waals surface area (Å²) in [6, 6.07) is 8.99. The van der Waals surface area contributed by atoms with E-state index in [1.807, 2.05) is 4.90 Å². The second-order valence-electron chi connectivity index (χ2n) is 4.28. The molecule has 19 heavy (non-hydrogen) atoms. The quantitative estimate of drug-likeness (QED) is 0.911. The molecule has 1 amide bonds. The third-order valence-corrected chi connectivity index (χ3v) is 3.04. The van der Waals surface area contributed by atoms with E-state index >= 15 is 0 Å². The predicted molar refractivity (Wildman–Crippen MR) is 71.9 cm³/mol. The van der Waals surface area contributed by atoms with Crippen molar-refractivity contribution in [3.05, 3.63) is 29.3 Å². The maximum Gasteiger partial charge on any atom is 0.238 e. The summed E-state index contributed by atoms with van der Waals surface area (Å²) in [5, 5.41) is 12.2. The number of morpholine rings is 1. The van der Waals surface area contributed by atoms with Gasteiger partial charge in [0.25, 0.3) is 0 Å². The molecule has 1 aliphatic rings. The molecule has 1 heterocycles. The number of carbonyl (C=O) groups is 1. The zero-order valence-corrected chi connectivity index (χ0v) is 11.1. The van der Waals surface area contributed by atoms with Crippen molar-refractivity contribution in [2.24, 2.45) is 0 Å². The van der Waals surface area contributed by atoms with Crippen LogP contribution in [0.2, 0.25) is 5.02 Å². The Morgan fingerprint density at radius 1 is 1.53 bits per heavy atom. The minimum absolute atomic E-state index is 0.110. The molecule has 0 saturated carbocycles. The molecule has 0 radical (unpaired) electrons. The van der Waals surface area contributed by atoms with Crippen LogP contribution in [-0.4, -0.2) is 43.2 Å². The number of nitrogens with one attached hydrogen (secondary N) is 1. The lowest BCUT2D eigenvalue weighted by molar-refractivity contribution is -0.118. The normalized spacial score (nSPS) is 19.7. The number of rotatable bonds is 3. The molecule has 0 spiro atoms. The van der Waals surface area contributed by atoms with Gasteiger partial charge in [-0.2, -0.15) is 5.26 Å². The van der Waals surface area contributed by atoms with Gasteiger partial charge in [0.2, 0.25) is 5.91 Å². The van der Waals surface area contributed by atoms with Crippen molar-refractivity contribution in [2.45, 2.75) is 6.10 Å². The monoisotopic (exact) mass is 279 g/mol. The fourth-order valence-electron chi connectivity index (χ4n) is 1.86. The van der Waals surface area contributed by atoms with Crippen molar-refractivity contribution < 1.29 is 9.53 Å². The molecule has 1 N–H and O–H groups in total. The van der Waals surface area contributed by atoms with Crippen molar-refractivity contribution in [1.29, 1.82) is 5.26 Å². The fourth-order valence-corrected chi connectivity index (χ4v) is 1.99. The fraction of sp³-hybridized carbons (Fsp3) is 0.385. The summed E-state index contributed by atoms with van der Waals surface area (Å²) in [5.74, 6) is -0.110. The largest absolute Gasteiger partial charge is 0.361 e. The third-order valence-electron chi connectivity index (χ3n) is 2.79. The van der Waals surface area contributed by atoms with Crippen LogP contribution in [0.5, 0.6) is 0 Å². The van der Waals surface area contributed by atoms with Gasteiger partial charge < -0.3 is 10.1 Å². The summed E-state index contributed by atoms with van der Waals surface area (Å²) in [5.41, 5.74) is 0.708. The van der Waals surface area contributed by atoms with E-state index in [4.69, 9.17) is 21.6 Å². The Hall–Kier alpha value is -1.61. The zero-order valence-electron chi connectivity index (χ0n) is 10.3. The molecule has 1 aromatic rings. The highest BCUT2D eigenvalue weighted by Crippen LogP contribution is 2.13. The van der Waals surface area contributed by atoms with E-state index in [0.29, 0.717) is 30.4 Å². The molecule has 1 atom stereocenters. The first-order valence-corrected chi connectivity index (χ1v) is 6.34. The number of anilines is 1. The van der Waals surface area contributed by atoms with Gasteiger partial charge in [-0.25, -0.2) is 0 Å². The molecular weight excluding hydrogens is 266 g/mol. The van der Waals surface area contributed by atoms with Crippen LogP contribution in [0.4, 0.5) is 5.69 Å². The number of ether oxygens (including phenoxy) is 1. The molecule has 0 bridgehead atoms. The molecular formula is C13H14ClN3O2. The Morgan fingerprint density at radius 3 is 2.95 bits per heavy atom. The molecule has 1 saturated heterocycles. The molecule has 0 aromatic heterocycles. The lowest BCUT2D eigenvalue weighted by Crippen LogP contribution is -2.45. The van der Waals surface area contributed by atoms with Crippen LogP contribution in [0, 0.1) is 11.3 Å². The van der Waals surface area contributed by atoms with Crippen LogP contribution in [0.25, 0.3) is 0 Å². The number of carbonyl (C=O) groups excluding carboxylic acids is 1. The molecule has 5 nitrogen and oxygen atoms in total. The summed E-state index contributed by atoms with van der Waals surface area (Å²) < 4.78 is 5.22. The van der Waals surface area contributed by atoms with Gasteiger partial charge in [-0.05, 0) is 24.3 Å². The van der Waals surface area contributed by atoms with E-state index in [-0.39, 0.29) is 12.5 Å². The van der Waals surface area contributed by atoms with Gasteiger partial charge in [0.15, 0.2) is 6.10 Å². The second-order valence-corrected chi connectivity index (χ2v) is 4.72. The van der Waals surface area contributed by atoms with Gasteiger partial charge in [-0.1, -0.05) is 11.6 Å². The molecule has 100 valence electrons. The Kier molecular flexibility index (Phi) is 4.74. The lowest BCUT2D eigenvalue weighted by Gasteiger charge is -2.28. The highest BCUT2D eigenvalue weighted by Gasteiger charge is 2.21. The van der Waals surface area contributed by atoms with Crippen LogP contribution in [0.1, 0.15) is 0 Å². The molecule has 0 aliphatic carbocycles. The average molecular weight is 280 g/mol.